The van der Waals surface area contributed by atoms with Gasteiger partial charge in [-0.05, 0) is 6.92 Å². The molecule has 0 aliphatic carbocycles. The number of nitrogens with two attached hydrogens (primary N) is 1. The van der Waals surface area contributed by atoms with Crippen molar-refractivity contribution in [3.8, 4) is 11.8 Å². The SMILES string of the molecule is Cc1c(O)cc(N)c(C#N)c1F. The molecule has 0 spiro atoms. The number of aromatic hydroxyl groups is 1. The van der Waals surface area contributed by atoms with Gasteiger partial charge >= 0.3 is 0 Å². The second-order valence-corrected chi connectivity index (χ2v) is 2.41. The summed E-state index contributed by atoms with van der Waals surface area (Å²) in [5, 5.41) is 17.5. The molecule has 1 aromatic carbocycles. The zero-order chi connectivity index (χ0) is 9.30. The number of hydrogen-bond donors (Lipinski definition) is 2. The molecule has 62 valence electrons. The van der Waals surface area contributed by atoms with E-state index in [1.165, 1.54) is 6.92 Å². The van der Waals surface area contributed by atoms with Crippen molar-refractivity contribution in [3.63, 3.8) is 0 Å². The minimum absolute atomic E-state index is 0.0424. The Bertz CT molecular complexity index is 368. The lowest BCUT2D eigenvalue weighted by atomic mass is 10.1. The Kier molecular flexibility index (Phi) is 1.88. The van der Waals surface area contributed by atoms with Crippen LogP contribution in [0.4, 0.5) is 10.1 Å². The van der Waals surface area contributed by atoms with Crippen molar-refractivity contribution in [1.29, 1.82) is 5.26 Å². The summed E-state index contributed by atoms with van der Waals surface area (Å²) in [6, 6.07) is 2.78. The van der Waals surface area contributed by atoms with E-state index in [1.54, 1.807) is 6.07 Å². The van der Waals surface area contributed by atoms with Crippen molar-refractivity contribution in [2.75, 3.05) is 5.73 Å². The number of phenols is 1. The minimum atomic E-state index is -0.755. The van der Waals surface area contributed by atoms with Gasteiger partial charge in [0, 0.05) is 11.6 Å². The molecule has 0 atom stereocenters. The quantitative estimate of drug-likeness (QED) is 0.570. The Morgan fingerprint density at radius 3 is 2.75 bits per heavy atom. The smallest absolute Gasteiger partial charge is 0.149 e. The number of rotatable bonds is 0. The van der Waals surface area contributed by atoms with Crippen LogP contribution in [-0.4, -0.2) is 5.11 Å². The number of benzene rings is 1. The molecule has 0 bridgehead atoms. The largest absolute Gasteiger partial charge is 0.507 e. The molecule has 0 unspecified atom stereocenters. The Morgan fingerprint density at radius 2 is 2.25 bits per heavy atom. The third-order valence-electron chi connectivity index (χ3n) is 1.63. The number of halogens is 1. The summed E-state index contributed by atoms with van der Waals surface area (Å²) in [5.41, 5.74) is 5.06. The monoisotopic (exact) mass is 166 g/mol. The molecule has 0 radical (unpaired) electrons. The van der Waals surface area contributed by atoms with Crippen LogP contribution in [0.1, 0.15) is 11.1 Å². The van der Waals surface area contributed by atoms with Crippen molar-refractivity contribution in [1.82, 2.24) is 0 Å². The van der Waals surface area contributed by atoms with Crippen LogP contribution in [0.3, 0.4) is 0 Å². The summed E-state index contributed by atoms with van der Waals surface area (Å²) >= 11 is 0. The molecule has 3 N–H and O–H groups in total. The summed E-state index contributed by atoms with van der Waals surface area (Å²) in [7, 11) is 0. The van der Waals surface area contributed by atoms with Crippen molar-refractivity contribution in [2.24, 2.45) is 0 Å². The molecule has 0 amide bonds. The van der Waals surface area contributed by atoms with Crippen molar-refractivity contribution >= 4 is 5.69 Å². The summed E-state index contributed by atoms with van der Waals surface area (Å²) in [5.74, 6) is -0.987. The van der Waals surface area contributed by atoms with Gasteiger partial charge in [0.15, 0.2) is 0 Å². The Morgan fingerprint density at radius 1 is 1.67 bits per heavy atom. The van der Waals surface area contributed by atoms with Gasteiger partial charge < -0.3 is 10.8 Å². The fourth-order valence-electron chi connectivity index (χ4n) is 0.868. The fraction of sp³-hybridized carbons (Fsp3) is 0.125. The third-order valence-corrected chi connectivity index (χ3v) is 1.63. The first kappa shape index (κ1) is 8.34. The Labute approximate surface area is 68.9 Å². The topological polar surface area (TPSA) is 70.0 Å². The Hall–Kier alpha value is -1.76. The predicted molar refractivity (Wildman–Crippen MR) is 41.9 cm³/mol. The molecule has 0 saturated heterocycles. The molecule has 0 aliphatic rings. The van der Waals surface area contributed by atoms with Gasteiger partial charge in [-0.3, -0.25) is 0 Å². The van der Waals surface area contributed by atoms with Crippen LogP contribution in [0.15, 0.2) is 6.07 Å². The highest BCUT2D eigenvalue weighted by molar-refractivity contribution is 5.60. The lowest BCUT2D eigenvalue weighted by Crippen LogP contribution is -1.96. The van der Waals surface area contributed by atoms with E-state index in [9.17, 15) is 4.39 Å². The van der Waals surface area contributed by atoms with Gasteiger partial charge in [0.25, 0.3) is 0 Å². The van der Waals surface area contributed by atoms with Crippen LogP contribution in [0.2, 0.25) is 0 Å². The molecular formula is C8H7FN2O. The summed E-state index contributed by atoms with van der Waals surface area (Å²) in [6.07, 6.45) is 0. The van der Waals surface area contributed by atoms with Gasteiger partial charge in [-0.25, -0.2) is 4.39 Å². The number of anilines is 1. The first-order chi connectivity index (χ1) is 5.57. The van der Waals surface area contributed by atoms with Crippen LogP contribution in [0, 0.1) is 24.1 Å². The maximum atomic E-state index is 13.1. The molecule has 1 rings (SSSR count). The molecule has 0 heterocycles. The van der Waals surface area contributed by atoms with E-state index in [4.69, 9.17) is 16.1 Å². The number of phenolic OH excluding ortho intramolecular Hbond substituents is 1. The second kappa shape index (κ2) is 2.70. The zero-order valence-corrected chi connectivity index (χ0v) is 6.43. The number of nitriles is 1. The maximum Gasteiger partial charge on any atom is 0.149 e. The van der Waals surface area contributed by atoms with Gasteiger partial charge in [-0.2, -0.15) is 5.26 Å². The van der Waals surface area contributed by atoms with Gasteiger partial charge in [-0.15, -0.1) is 0 Å². The normalized spacial score (nSPS) is 9.42. The molecular weight excluding hydrogens is 159 g/mol. The molecule has 4 heteroatoms. The van der Waals surface area contributed by atoms with Gasteiger partial charge in [0.2, 0.25) is 0 Å². The molecule has 12 heavy (non-hydrogen) atoms. The standard InChI is InChI=1S/C8H7FN2O/c1-4-7(12)2-6(11)5(3-10)8(4)9/h2,12H,11H2,1H3. The van der Waals surface area contributed by atoms with E-state index in [-0.39, 0.29) is 22.6 Å². The van der Waals surface area contributed by atoms with Gasteiger partial charge in [0.1, 0.15) is 23.2 Å². The molecule has 0 saturated carbocycles. The van der Waals surface area contributed by atoms with E-state index < -0.39 is 5.82 Å². The van der Waals surface area contributed by atoms with Crippen molar-refractivity contribution in [3.05, 3.63) is 23.0 Å². The number of nitrogen functional groups attached to an aromatic ring is 1. The van der Waals surface area contributed by atoms with Crippen LogP contribution >= 0.6 is 0 Å². The molecule has 0 fully saturated rings. The minimum Gasteiger partial charge on any atom is -0.507 e. The third kappa shape index (κ3) is 1.05. The highest BCUT2D eigenvalue weighted by Crippen LogP contribution is 2.26. The zero-order valence-electron chi connectivity index (χ0n) is 6.43. The molecule has 0 aliphatic heterocycles. The number of hydrogen-bond acceptors (Lipinski definition) is 3. The maximum absolute atomic E-state index is 13.1. The van der Waals surface area contributed by atoms with Crippen LogP contribution in [0.5, 0.6) is 5.75 Å². The highest BCUT2D eigenvalue weighted by atomic mass is 19.1. The fourth-order valence-corrected chi connectivity index (χ4v) is 0.868. The first-order valence-corrected chi connectivity index (χ1v) is 3.25. The van der Waals surface area contributed by atoms with Crippen LogP contribution < -0.4 is 5.73 Å². The highest BCUT2D eigenvalue weighted by Gasteiger charge is 2.12. The molecule has 3 nitrogen and oxygen atoms in total. The second-order valence-electron chi connectivity index (χ2n) is 2.41. The Balaban J connectivity index is 3.54. The predicted octanol–water partition coefficient (Wildman–Crippen LogP) is 1.29. The molecule has 0 aromatic heterocycles. The van der Waals surface area contributed by atoms with Crippen LogP contribution in [0.25, 0.3) is 0 Å². The molecule has 1 aromatic rings. The lowest BCUT2D eigenvalue weighted by molar-refractivity contribution is 0.463. The van der Waals surface area contributed by atoms with E-state index >= 15 is 0 Å². The summed E-state index contributed by atoms with van der Waals surface area (Å²) in [6.45, 7) is 1.38. The van der Waals surface area contributed by atoms with E-state index in [1.807, 2.05) is 0 Å². The average molecular weight is 166 g/mol. The van der Waals surface area contributed by atoms with E-state index in [0.717, 1.165) is 6.07 Å². The lowest BCUT2D eigenvalue weighted by Gasteiger charge is -2.04. The first-order valence-electron chi connectivity index (χ1n) is 3.25. The van der Waals surface area contributed by atoms with Gasteiger partial charge in [0.05, 0.1) is 5.69 Å². The van der Waals surface area contributed by atoms with Crippen molar-refractivity contribution < 1.29 is 9.50 Å². The average Bonchev–Trinajstić information content (AvgIpc) is 2.01. The van der Waals surface area contributed by atoms with Crippen molar-refractivity contribution in [2.45, 2.75) is 6.92 Å². The van der Waals surface area contributed by atoms with Crippen LogP contribution in [-0.2, 0) is 0 Å². The number of nitrogens with zero attached hydrogens (tertiary/aromatic N) is 1. The van der Waals surface area contributed by atoms with E-state index in [0.29, 0.717) is 0 Å². The summed E-state index contributed by atoms with van der Waals surface area (Å²) < 4.78 is 13.1. The van der Waals surface area contributed by atoms with Gasteiger partial charge in [-0.1, -0.05) is 0 Å². The summed E-state index contributed by atoms with van der Waals surface area (Å²) in [4.78, 5) is 0. The van der Waals surface area contributed by atoms with E-state index in [2.05, 4.69) is 0 Å².